The first-order valence-corrected chi connectivity index (χ1v) is 7.36. The third kappa shape index (κ3) is 4.78. The van der Waals surface area contributed by atoms with Crippen LogP contribution in [0, 0.1) is 0 Å². The highest BCUT2D eigenvalue weighted by Crippen LogP contribution is 2.11. The number of hydrogen-bond donors (Lipinski definition) is 1. The Morgan fingerprint density at radius 3 is 2.38 bits per heavy atom. The van der Waals surface area contributed by atoms with Gasteiger partial charge in [-0.25, -0.2) is 4.72 Å². The molecule has 0 unspecified atom stereocenters. The first-order valence-electron chi connectivity index (χ1n) is 5.92. The monoisotopic (exact) mass is 249 g/mol. The second kappa shape index (κ2) is 6.54. The Balaban J connectivity index is 2.27. The SMILES string of the molecule is CN(C)CCCNS(=O)(=O)N1CCCCC1. The van der Waals surface area contributed by atoms with Crippen LogP contribution >= 0.6 is 0 Å². The van der Waals surface area contributed by atoms with Crippen molar-refractivity contribution in [2.24, 2.45) is 0 Å². The van der Waals surface area contributed by atoms with Gasteiger partial charge in [0.2, 0.25) is 0 Å². The quantitative estimate of drug-likeness (QED) is 0.687. The van der Waals surface area contributed by atoms with Gasteiger partial charge in [0, 0.05) is 19.6 Å². The predicted molar refractivity (Wildman–Crippen MR) is 65.5 cm³/mol. The third-order valence-electron chi connectivity index (χ3n) is 2.72. The molecule has 1 saturated heterocycles. The van der Waals surface area contributed by atoms with Crippen LogP contribution in [-0.4, -0.2) is 57.9 Å². The van der Waals surface area contributed by atoms with Gasteiger partial charge in [-0.3, -0.25) is 0 Å². The summed E-state index contributed by atoms with van der Waals surface area (Å²) in [6.45, 7) is 2.77. The summed E-state index contributed by atoms with van der Waals surface area (Å²) in [5, 5.41) is 0. The van der Waals surface area contributed by atoms with Crippen molar-refractivity contribution in [3.05, 3.63) is 0 Å². The van der Waals surface area contributed by atoms with E-state index in [-0.39, 0.29) is 0 Å². The molecule has 1 fully saturated rings. The second-order valence-electron chi connectivity index (χ2n) is 4.52. The van der Waals surface area contributed by atoms with Crippen LogP contribution in [0.15, 0.2) is 0 Å². The Kier molecular flexibility index (Phi) is 5.68. The van der Waals surface area contributed by atoms with Crippen molar-refractivity contribution in [1.29, 1.82) is 0 Å². The van der Waals surface area contributed by atoms with Crippen LogP contribution in [0.4, 0.5) is 0 Å². The van der Waals surface area contributed by atoms with Crippen molar-refractivity contribution < 1.29 is 8.42 Å². The van der Waals surface area contributed by atoms with E-state index in [9.17, 15) is 8.42 Å². The van der Waals surface area contributed by atoms with Crippen LogP contribution in [0.2, 0.25) is 0 Å². The van der Waals surface area contributed by atoms with Crippen LogP contribution < -0.4 is 4.72 Å². The van der Waals surface area contributed by atoms with Crippen molar-refractivity contribution in [1.82, 2.24) is 13.9 Å². The van der Waals surface area contributed by atoms with Gasteiger partial charge in [-0.15, -0.1) is 0 Å². The largest absolute Gasteiger partial charge is 0.309 e. The molecular weight excluding hydrogens is 226 g/mol. The van der Waals surface area contributed by atoms with Gasteiger partial charge in [-0.1, -0.05) is 6.42 Å². The smallest absolute Gasteiger partial charge is 0.279 e. The number of hydrogen-bond acceptors (Lipinski definition) is 3. The third-order valence-corrected chi connectivity index (χ3v) is 4.34. The van der Waals surface area contributed by atoms with E-state index in [2.05, 4.69) is 9.62 Å². The maximum absolute atomic E-state index is 11.8. The molecule has 1 aliphatic rings. The maximum atomic E-state index is 11.8. The fourth-order valence-electron chi connectivity index (χ4n) is 1.79. The van der Waals surface area contributed by atoms with Crippen LogP contribution in [0.3, 0.4) is 0 Å². The number of rotatable bonds is 6. The zero-order valence-corrected chi connectivity index (χ0v) is 11.1. The standard InChI is InChI=1S/C10H23N3O2S/c1-12(2)8-6-7-11-16(14,15)13-9-4-3-5-10-13/h11H,3-10H2,1-2H3. The minimum atomic E-state index is -3.22. The molecule has 0 saturated carbocycles. The van der Waals surface area contributed by atoms with E-state index in [1.54, 1.807) is 4.31 Å². The van der Waals surface area contributed by atoms with Gasteiger partial charge in [0.05, 0.1) is 0 Å². The lowest BCUT2D eigenvalue weighted by Crippen LogP contribution is -2.43. The van der Waals surface area contributed by atoms with E-state index in [0.29, 0.717) is 19.6 Å². The van der Waals surface area contributed by atoms with Crippen LogP contribution in [-0.2, 0) is 10.2 Å². The number of nitrogens with one attached hydrogen (secondary N) is 1. The van der Waals surface area contributed by atoms with E-state index in [1.807, 2.05) is 14.1 Å². The van der Waals surface area contributed by atoms with Crippen molar-refractivity contribution in [2.45, 2.75) is 25.7 Å². The Hall–Kier alpha value is -0.170. The molecule has 1 heterocycles. The lowest BCUT2D eigenvalue weighted by atomic mass is 10.2. The van der Waals surface area contributed by atoms with Crippen molar-refractivity contribution >= 4 is 10.2 Å². The van der Waals surface area contributed by atoms with Gasteiger partial charge in [-0.05, 0) is 39.9 Å². The second-order valence-corrected chi connectivity index (χ2v) is 6.27. The minimum Gasteiger partial charge on any atom is -0.309 e. The van der Waals surface area contributed by atoms with Gasteiger partial charge in [0.1, 0.15) is 0 Å². The van der Waals surface area contributed by atoms with Crippen molar-refractivity contribution in [3.63, 3.8) is 0 Å². The molecule has 0 spiro atoms. The van der Waals surface area contributed by atoms with Crippen LogP contribution in [0.5, 0.6) is 0 Å². The molecular formula is C10H23N3O2S. The Morgan fingerprint density at radius 2 is 1.81 bits per heavy atom. The molecule has 1 aliphatic heterocycles. The Bertz CT molecular complexity index is 284. The summed E-state index contributed by atoms with van der Waals surface area (Å²) in [6, 6.07) is 0. The Morgan fingerprint density at radius 1 is 1.19 bits per heavy atom. The van der Waals surface area contributed by atoms with E-state index in [0.717, 1.165) is 32.2 Å². The summed E-state index contributed by atoms with van der Waals surface area (Å²) < 4.78 is 27.9. The normalized spacial score (nSPS) is 19.2. The molecule has 1 N–H and O–H groups in total. The van der Waals surface area contributed by atoms with E-state index in [4.69, 9.17) is 0 Å². The van der Waals surface area contributed by atoms with Gasteiger partial charge < -0.3 is 4.90 Å². The van der Waals surface area contributed by atoms with E-state index < -0.39 is 10.2 Å². The van der Waals surface area contributed by atoms with Crippen molar-refractivity contribution in [2.75, 3.05) is 40.3 Å². The molecule has 0 radical (unpaired) electrons. The molecule has 0 aromatic heterocycles. The lowest BCUT2D eigenvalue weighted by molar-refractivity contribution is 0.340. The van der Waals surface area contributed by atoms with Gasteiger partial charge >= 0.3 is 0 Å². The fourth-order valence-corrected chi connectivity index (χ4v) is 3.12. The first-order chi connectivity index (χ1) is 7.52. The molecule has 0 bridgehead atoms. The fraction of sp³-hybridized carbons (Fsp3) is 1.00. The summed E-state index contributed by atoms with van der Waals surface area (Å²) in [6.07, 6.45) is 3.96. The van der Waals surface area contributed by atoms with E-state index in [1.165, 1.54) is 0 Å². The molecule has 0 aromatic carbocycles. The summed E-state index contributed by atoms with van der Waals surface area (Å²) >= 11 is 0. The van der Waals surface area contributed by atoms with Gasteiger partial charge in [-0.2, -0.15) is 12.7 Å². The maximum Gasteiger partial charge on any atom is 0.279 e. The number of piperidine rings is 1. The predicted octanol–water partition coefficient (Wildman–Crippen LogP) is 0.258. The summed E-state index contributed by atoms with van der Waals surface area (Å²) in [5.74, 6) is 0. The summed E-state index contributed by atoms with van der Waals surface area (Å²) in [7, 11) is 0.754. The van der Waals surface area contributed by atoms with Crippen LogP contribution in [0.25, 0.3) is 0 Å². The molecule has 0 aromatic rings. The molecule has 96 valence electrons. The van der Waals surface area contributed by atoms with Crippen LogP contribution in [0.1, 0.15) is 25.7 Å². The molecule has 1 rings (SSSR count). The highest BCUT2D eigenvalue weighted by Gasteiger charge is 2.22. The van der Waals surface area contributed by atoms with Gasteiger partial charge in [0.15, 0.2) is 0 Å². The molecule has 6 heteroatoms. The molecule has 5 nitrogen and oxygen atoms in total. The molecule has 16 heavy (non-hydrogen) atoms. The summed E-state index contributed by atoms with van der Waals surface area (Å²) in [5.41, 5.74) is 0. The zero-order chi connectivity index (χ0) is 12.0. The average Bonchev–Trinajstić information content (AvgIpc) is 2.26. The topological polar surface area (TPSA) is 52.7 Å². The average molecular weight is 249 g/mol. The highest BCUT2D eigenvalue weighted by molar-refractivity contribution is 7.87. The molecule has 0 atom stereocenters. The highest BCUT2D eigenvalue weighted by atomic mass is 32.2. The molecule has 0 aliphatic carbocycles. The zero-order valence-electron chi connectivity index (χ0n) is 10.3. The Labute approximate surface area is 99.0 Å². The molecule has 0 amide bonds. The van der Waals surface area contributed by atoms with Crippen molar-refractivity contribution in [3.8, 4) is 0 Å². The summed E-state index contributed by atoms with van der Waals surface area (Å²) in [4.78, 5) is 2.05. The first kappa shape index (κ1) is 13.9. The number of nitrogens with zero attached hydrogens (tertiary/aromatic N) is 2. The van der Waals surface area contributed by atoms with Gasteiger partial charge in [0.25, 0.3) is 10.2 Å². The van der Waals surface area contributed by atoms with E-state index >= 15 is 0 Å². The minimum absolute atomic E-state index is 0.525. The lowest BCUT2D eigenvalue weighted by Gasteiger charge is -2.26.